The van der Waals surface area contributed by atoms with Gasteiger partial charge >= 0.3 is 0 Å². The van der Waals surface area contributed by atoms with Crippen LogP contribution in [-0.4, -0.2) is 67.4 Å². The molecule has 2 aliphatic rings. The maximum atomic E-state index is 11.8. The largest absolute Gasteiger partial charge is 0.378 e. The van der Waals surface area contributed by atoms with Gasteiger partial charge in [-0.25, -0.2) is 9.97 Å². The molecule has 1 amide bonds. The molecule has 3 heterocycles. The molecule has 2 saturated heterocycles. The Morgan fingerprint density at radius 2 is 1.96 bits per heavy atom. The lowest BCUT2D eigenvalue weighted by Gasteiger charge is -2.35. The number of carbonyl (C=O) groups is 1. The number of anilines is 2. The standard InChI is InChI=1S/C16H26N6O2.ClH/c1-12(17)16(23)20-13-3-2-4-22(10-13)15-9-14(18-11-19-15)21-5-7-24-8-6-21;/h9,11-13H,2-8,10,17H2,1H3,(H,20,23);1H/t12-,13?;/m1./s1. The molecule has 9 heteroatoms. The highest BCUT2D eigenvalue weighted by Gasteiger charge is 2.24. The van der Waals surface area contributed by atoms with Gasteiger partial charge in [-0.3, -0.25) is 4.79 Å². The van der Waals surface area contributed by atoms with Crippen LogP contribution < -0.4 is 20.9 Å². The van der Waals surface area contributed by atoms with E-state index in [0.29, 0.717) is 0 Å². The van der Waals surface area contributed by atoms with Crippen molar-refractivity contribution in [2.45, 2.75) is 31.8 Å². The van der Waals surface area contributed by atoms with Crippen LogP contribution in [0.25, 0.3) is 0 Å². The molecule has 1 unspecified atom stereocenters. The number of carbonyl (C=O) groups excluding carboxylic acids is 1. The third-order valence-corrected chi connectivity index (χ3v) is 4.48. The molecular weight excluding hydrogens is 344 g/mol. The molecule has 25 heavy (non-hydrogen) atoms. The Labute approximate surface area is 154 Å². The van der Waals surface area contributed by atoms with Gasteiger partial charge in [0.2, 0.25) is 5.91 Å². The summed E-state index contributed by atoms with van der Waals surface area (Å²) < 4.78 is 5.39. The first-order valence-corrected chi connectivity index (χ1v) is 8.59. The first-order chi connectivity index (χ1) is 11.6. The van der Waals surface area contributed by atoms with Crippen LogP contribution in [0.1, 0.15) is 19.8 Å². The molecule has 0 spiro atoms. The highest BCUT2D eigenvalue weighted by molar-refractivity contribution is 5.85. The lowest BCUT2D eigenvalue weighted by Crippen LogP contribution is -2.51. The summed E-state index contributed by atoms with van der Waals surface area (Å²) in [5.41, 5.74) is 5.64. The van der Waals surface area contributed by atoms with Gasteiger partial charge in [0.25, 0.3) is 0 Å². The molecule has 0 radical (unpaired) electrons. The van der Waals surface area contributed by atoms with E-state index in [1.165, 1.54) is 0 Å². The minimum absolute atomic E-state index is 0. The van der Waals surface area contributed by atoms with E-state index in [1.807, 2.05) is 6.07 Å². The molecule has 3 rings (SSSR count). The molecular formula is C16H27ClN6O2. The predicted octanol–water partition coefficient (Wildman–Crippen LogP) is 0.167. The second kappa shape index (κ2) is 9.17. The summed E-state index contributed by atoms with van der Waals surface area (Å²) in [6.07, 6.45) is 3.60. The average molecular weight is 371 g/mol. The Morgan fingerprint density at radius 1 is 1.28 bits per heavy atom. The summed E-state index contributed by atoms with van der Waals surface area (Å²) in [7, 11) is 0. The monoisotopic (exact) mass is 370 g/mol. The fraction of sp³-hybridized carbons (Fsp3) is 0.688. The number of amides is 1. The number of nitrogens with one attached hydrogen (secondary N) is 1. The maximum Gasteiger partial charge on any atom is 0.236 e. The molecule has 0 saturated carbocycles. The fourth-order valence-corrected chi connectivity index (χ4v) is 3.11. The molecule has 0 aromatic carbocycles. The summed E-state index contributed by atoms with van der Waals surface area (Å²) in [4.78, 5) is 25.1. The number of rotatable bonds is 4. The average Bonchev–Trinajstić information content (AvgIpc) is 2.63. The zero-order valence-electron chi connectivity index (χ0n) is 14.6. The number of ether oxygens (including phenoxy) is 1. The van der Waals surface area contributed by atoms with Gasteiger partial charge in [0.05, 0.1) is 19.3 Å². The first-order valence-electron chi connectivity index (χ1n) is 8.59. The number of piperidine rings is 1. The third kappa shape index (κ3) is 5.17. The fourth-order valence-electron chi connectivity index (χ4n) is 3.11. The van der Waals surface area contributed by atoms with Crippen LogP contribution in [0, 0.1) is 0 Å². The molecule has 1 aromatic heterocycles. The predicted molar refractivity (Wildman–Crippen MR) is 99.3 cm³/mol. The van der Waals surface area contributed by atoms with Crippen LogP contribution in [0.3, 0.4) is 0 Å². The molecule has 0 bridgehead atoms. The van der Waals surface area contributed by atoms with Gasteiger partial charge in [0, 0.05) is 38.3 Å². The topological polar surface area (TPSA) is 96.6 Å². The summed E-state index contributed by atoms with van der Waals surface area (Å²) >= 11 is 0. The van der Waals surface area contributed by atoms with Crippen molar-refractivity contribution < 1.29 is 9.53 Å². The lowest BCUT2D eigenvalue weighted by atomic mass is 10.1. The van der Waals surface area contributed by atoms with E-state index in [9.17, 15) is 4.79 Å². The third-order valence-electron chi connectivity index (χ3n) is 4.48. The molecule has 140 valence electrons. The van der Waals surface area contributed by atoms with Crippen molar-refractivity contribution in [2.24, 2.45) is 5.73 Å². The Balaban J connectivity index is 0.00000225. The number of aromatic nitrogens is 2. The van der Waals surface area contributed by atoms with Crippen LogP contribution in [0.4, 0.5) is 11.6 Å². The number of nitrogens with two attached hydrogens (primary N) is 1. The van der Waals surface area contributed by atoms with E-state index < -0.39 is 6.04 Å². The second-order valence-electron chi connectivity index (χ2n) is 6.42. The van der Waals surface area contributed by atoms with Crippen LogP contribution in [-0.2, 0) is 9.53 Å². The second-order valence-corrected chi connectivity index (χ2v) is 6.42. The molecule has 2 atom stereocenters. The van der Waals surface area contributed by atoms with Crippen molar-refractivity contribution in [3.8, 4) is 0 Å². The molecule has 2 aliphatic heterocycles. The van der Waals surface area contributed by atoms with Crippen molar-refractivity contribution in [3.05, 3.63) is 12.4 Å². The van der Waals surface area contributed by atoms with E-state index in [-0.39, 0.29) is 24.4 Å². The summed E-state index contributed by atoms with van der Waals surface area (Å²) in [6, 6.07) is 1.66. The van der Waals surface area contributed by atoms with Gasteiger partial charge in [-0.05, 0) is 19.8 Å². The Bertz CT molecular complexity index is 567. The van der Waals surface area contributed by atoms with Gasteiger partial charge in [-0.1, -0.05) is 0 Å². The number of halogens is 1. The SMILES string of the molecule is C[C@@H](N)C(=O)NC1CCCN(c2cc(N3CCOCC3)ncn2)C1.Cl. The van der Waals surface area contributed by atoms with Gasteiger partial charge in [-0.2, -0.15) is 0 Å². The number of hydrogen-bond donors (Lipinski definition) is 2. The Hall–Kier alpha value is -1.64. The highest BCUT2D eigenvalue weighted by Crippen LogP contribution is 2.22. The van der Waals surface area contributed by atoms with Gasteiger partial charge in [0.15, 0.2) is 0 Å². The van der Waals surface area contributed by atoms with Gasteiger partial charge < -0.3 is 25.6 Å². The van der Waals surface area contributed by atoms with E-state index in [2.05, 4.69) is 25.1 Å². The molecule has 8 nitrogen and oxygen atoms in total. The van der Waals surface area contributed by atoms with Gasteiger partial charge in [-0.15, -0.1) is 12.4 Å². The summed E-state index contributed by atoms with van der Waals surface area (Å²) in [5, 5.41) is 3.02. The minimum atomic E-state index is -0.479. The Kier molecular flexibility index (Phi) is 7.22. The number of nitrogens with zero attached hydrogens (tertiary/aromatic N) is 4. The zero-order chi connectivity index (χ0) is 16.9. The van der Waals surface area contributed by atoms with Crippen molar-refractivity contribution in [2.75, 3.05) is 49.2 Å². The summed E-state index contributed by atoms with van der Waals surface area (Å²) in [5.74, 6) is 1.75. The smallest absolute Gasteiger partial charge is 0.236 e. The maximum absolute atomic E-state index is 11.8. The van der Waals surface area contributed by atoms with Gasteiger partial charge in [0.1, 0.15) is 18.0 Å². The van der Waals surface area contributed by atoms with Crippen molar-refractivity contribution >= 4 is 29.9 Å². The summed E-state index contributed by atoms with van der Waals surface area (Å²) in [6.45, 7) is 6.55. The van der Waals surface area contributed by atoms with Crippen LogP contribution >= 0.6 is 12.4 Å². The number of hydrogen-bond acceptors (Lipinski definition) is 7. The minimum Gasteiger partial charge on any atom is -0.378 e. The molecule has 1 aromatic rings. The van der Waals surface area contributed by atoms with E-state index in [0.717, 1.165) is 63.9 Å². The first kappa shape index (κ1) is 19.7. The lowest BCUT2D eigenvalue weighted by molar-refractivity contribution is -0.122. The van der Waals surface area contributed by atoms with Crippen molar-refractivity contribution in [3.63, 3.8) is 0 Å². The van der Waals surface area contributed by atoms with E-state index in [4.69, 9.17) is 10.5 Å². The quantitative estimate of drug-likeness (QED) is 0.779. The highest BCUT2D eigenvalue weighted by atomic mass is 35.5. The molecule has 2 fully saturated rings. The Morgan fingerprint density at radius 3 is 2.64 bits per heavy atom. The van der Waals surface area contributed by atoms with Crippen LogP contribution in [0.5, 0.6) is 0 Å². The van der Waals surface area contributed by atoms with E-state index in [1.54, 1.807) is 13.3 Å². The van der Waals surface area contributed by atoms with E-state index >= 15 is 0 Å². The van der Waals surface area contributed by atoms with Crippen molar-refractivity contribution in [1.29, 1.82) is 0 Å². The molecule has 3 N–H and O–H groups in total. The normalized spacial score (nSPS) is 22.1. The molecule has 0 aliphatic carbocycles. The number of morpholine rings is 1. The van der Waals surface area contributed by atoms with Crippen molar-refractivity contribution in [1.82, 2.24) is 15.3 Å². The van der Waals surface area contributed by atoms with Crippen LogP contribution in [0.15, 0.2) is 12.4 Å². The zero-order valence-corrected chi connectivity index (χ0v) is 15.4. The van der Waals surface area contributed by atoms with Crippen LogP contribution in [0.2, 0.25) is 0 Å².